The molecule has 0 aliphatic carbocycles. The van der Waals surface area contributed by atoms with Crippen LogP contribution in [0.3, 0.4) is 0 Å². The van der Waals surface area contributed by atoms with Gasteiger partial charge in [-0.05, 0) is 31.0 Å². The number of hydrogen-bond acceptors (Lipinski definition) is 10. The molecule has 11 nitrogen and oxygen atoms in total. The van der Waals surface area contributed by atoms with Crippen LogP contribution in [0.25, 0.3) is 0 Å². The summed E-state index contributed by atoms with van der Waals surface area (Å²) in [5.74, 6) is -1.12. The van der Waals surface area contributed by atoms with E-state index in [2.05, 4.69) is 15.5 Å². The first-order valence-electron chi connectivity index (χ1n) is 10.2. The number of hydrogen-bond donors (Lipinski definition) is 1. The predicted octanol–water partition coefficient (Wildman–Crippen LogP) is 4.03. The summed E-state index contributed by atoms with van der Waals surface area (Å²) in [7, 11) is 1.35. The number of carbonyl (C=O) groups excluding carboxylic acids is 2. The average Bonchev–Trinajstić information content (AvgIpc) is 3.32. The molecule has 3 aromatic rings. The molecule has 1 amide bonds. The van der Waals surface area contributed by atoms with Crippen molar-refractivity contribution in [2.24, 2.45) is 0 Å². The van der Waals surface area contributed by atoms with Crippen molar-refractivity contribution in [1.29, 1.82) is 0 Å². The Bertz CT molecular complexity index is 1190. The number of nitro benzene ring substituents is 1. The van der Waals surface area contributed by atoms with E-state index in [9.17, 15) is 19.7 Å². The molecule has 0 radical (unpaired) electrons. The van der Waals surface area contributed by atoms with Crippen LogP contribution < -0.4 is 14.8 Å². The van der Waals surface area contributed by atoms with Crippen molar-refractivity contribution in [3.8, 4) is 11.5 Å². The zero-order valence-electron chi connectivity index (χ0n) is 18.7. The molecular weight excluding hydrogens is 464 g/mol. The highest BCUT2D eigenvalue weighted by atomic mass is 32.1. The molecule has 0 bridgehead atoms. The maximum Gasteiger partial charge on any atom is 0.345 e. The van der Waals surface area contributed by atoms with Crippen molar-refractivity contribution < 1.29 is 28.7 Å². The van der Waals surface area contributed by atoms with E-state index in [0.717, 1.165) is 29.4 Å². The molecule has 0 aliphatic heterocycles. The van der Waals surface area contributed by atoms with Gasteiger partial charge in [-0.1, -0.05) is 30.4 Å². The lowest BCUT2D eigenvalue weighted by molar-refractivity contribution is -0.385. The van der Waals surface area contributed by atoms with Crippen LogP contribution in [-0.2, 0) is 17.8 Å². The quantitative estimate of drug-likeness (QED) is 0.255. The lowest BCUT2D eigenvalue weighted by Gasteiger charge is -2.11. The molecule has 0 atom stereocenters. The first-order valence-corrected chi connectivity index (χ1v) is 11.1. The molecule has 1 N–H and O–H groups in total. The van der Waals surface area contributed by atoms with E-state index in [4.69, 9.17) is 14.2 Å². The predicted molar refractivity (Wildman–Crippen MR) is 124 cm³/mol. The van der Waals surface area contributed by atoms with E-state index in [1.165, 1.54) is 13.2 Å². The monoisotopic (exact) mass is 486 g/mol. The molecule has 0 saturated heterocycles. The fourth-order valence-electron chi connectivity index (χ4n) is 2.91. The third-order valence-electron chi connectivity index (χ3n) is 4.61. The standard InChI is InChI=1S/C22H22N4O7S/c1-4-13-6-8-14(9-7-13)23-20(27)21-25-24-19(34-21)12-33-22(28)15-10-17(31-3)18(32-5-2)11-16(15)26(29)30/h6-11H,4-5,12H2,1-3H3,(H,23,27). The van der Waals surface area contributed by atoms with Crippen LogP contribution in [0.1, 0.15) is 44.6 Å². The number of nitrogens with one attached hydrogen (secondary N) is 1. The number of benzene rings is 2. The minimum atomic E-state index is -0.953. The van der Waals surface area contributed by atoms with Crippen molar-refractivity contribution in [3.63, 3.8) is 0 Å². The molecule has 1 heterocycles. The first kappa shape index (κ1) is 24.6. The van der Waals surface area contributed by atoms with Gasteiger partial charge in [0.2, 0.25) is 5.01 Å². The molecule has 0 aliphatic rings. The van der Waals surface area contributed by atoms with E-state index in [0.29, 0.717) is 5.69 Å². The zero-order chi connectivity index (χ0) is 24.7. The fourth-order valence-corrected chi connectivity index (χ4v) is 3.56. The fraction of sp³-hybridized carbons (Fsp3) is 0.273. The Kier molecular flexibility index (Phi) is 8.09. The number of aryl methyl sites for hydroxylation is 1. The van der Waals surface area contributed by atoms with Gasteiger partial charge in [-0.2, -0.15) is 0 Å². The largest absolute Gasteiger partial charge is 0.493 e. The van der Waals surface area contributed by atoms with Crippen LogP contribution >= 0.6 is 11.3 Å². The normalized spacial score (nSPS) is 10.4. The summed E-state index contributed by atoms with van der Waals surface area (Å²) in [4.78, 5) is 35.7. The second kappa shape index (κ2) is 11.2. The van der Waals surface area contributed by atoms with Crippen LogP contribution in [0.2, 0.25) is 0 Å². The summed E-state index contributed by atoms with van der Waals surface area (Å²) in [6.07, 6.45) is 0.888. The average molecular weight is 487 g/mol. The molecule has 178 valence electrons. The summed E-state index contributed by atoms with van der Waals surface area (Å²) < 4.78 is 15.7. The smallest absolute Gasteiger partial charge is 0.345 e. The highest BCUT2D eigenvalue weighted by Crippen LogP contribution is 2.35. The van der Waals surface area contributed by atoms with Crippen LogP contribution in [0.15, 0.2) is 36.4 Å². The second-order valence-corrected chi connectivity index (χ2v) is 7.85. The molecule has 1 aromatic heterocycles. The van der Waals surface area contributed by atoms with Gasteiger partial charge in [-0.25, -0.2) is 4.79 Å². The van der Waals surface area contributed by atoms with Crippen LogP contribution in [0, 0.1) is 10.1 Å². The van der Waals surface area contributed by atoms with Gasteiger partial charge in [0.1, 0.15) is 12.2 Å². The Balaban J connectivity index is 1.68. The summed E-state index contributed by atoms with van der Waals surface area (Å²) in [6.45, 7) is 3.69. The van der Waals surface area contributed by atoms with Crippen LogP contribution in [0.5, 0.6) is 11.5 Å². The number of methoxy groups -OCH3 is 1. The maximum absolute atomic E-state index is 12.6. The highest BCUT2D eigenvalue weighted by Gasteiger charge is 2.26. The maximum atomic E-state index is 12.6. The number of amides is 1. The Morgan fingerprint density at radius 3 is 2.47 bits per heavy atom. The van der Waals surface area contributed by atoms with Crippen molar-refractivity contribution in [1.82, 2.24) is 10.2 Å². The first-order chi connectivity index (χ1) is 16.4. The van der Waals surface area contributed by atoms with Gasteiger partial charge in [0, 0.05) is 11.8 Å². The number of nitrogens with zero attached hydrogens (tertiary/aromatic N) is 3. The summed E-state index contributed by atoms with van der Waals surface area (Å²) in [5.41, 5.74) is 0.967. The number of nitro groups is 1. The lowest BCUT2D eigenvalue weighted by atomic mass is 10.1. The topological polar surface area (TPSA) is 143 Å². The summed E-state index contributed by atoms with van der Waals surface area (Å²) in [6, 6.07) is 9.70. The summed E-state index contributed by atoms with van der Waals surface area (Å²) in [5, 5.41) is 22.2. The van der Waals surface area contributed by atoms with Gasteiger partial charge in [0.05, 0.1) is 24.7 Å². The van der Waals surface area contributed by atoms with Crippen LogP contribution in [-0.4, -0.2) is 40.7 Å². The Morgan fingerprint density at radius 2 is 1.85 bits per heavy atom. The number of carbonyl (C=O) groups is 2. The Hall–Kier alpha value is -4.06. The van der Waals surface area contributed by atoms with E-state index in [1.807, 2.05) is 19.1 Å². The van der Waals surface area contributed by atoms with Gasteiger partial charge in [0.25, 0.3) is 11.6 Å². The van der Waals surface area contributed by atoms with Gasteiger partial charge in [0.15, 0.2) is 16.5 Å². The molecule has 0 unspecified atom stereocenters. The van der Waals surface area contributed by atoms with E-state index in [-0.39, 0.29) is 40.3 Å². The number of aromatic nitrogens is 2. The van der Waals surface area contributed by atoms with Crippen LogP contribution in [0.4, 0.5) is 11.4 Å². The number of rotatable bonds is 10. The van der Waals surface area contributed by atoms with E-state index >= 15 is 0 Å². The Morgan fingerprint density at radius 1 is 1.12 bits per heavy atom. The number of anilines is 1. The zero-order valence-corrected chi connectivity index (χ0v) is 19.5. The van der Waals surface area contributed by atoms with Crippen molar-refractivity contribution in [2.45, 2.75) is 26.9 Å². The second-order valence-electron chi connectivity index (χ2n) is 6.79. The Labute approximate surface area is 198 Å². The minimum Gasteiger partial charge on any atom is -0.493 e. The molecule has 34 heavy (non-hydrogen) atoms. The molecule has 0 saturated carbocycles. The molecule has 12 heteroatoms. The van der Waals surface area contributed by atoms with Crippen molar-refractivity contribution in [2.75, 3.05) is 19.0 Å². The molecule has 3 rings (SSSR count). The van der Waals surface area contributed by atoms with E-state index in [1.54, 1.807) is 19.1 Å². The van der Waals surface area contributed by atoms with Gasteiger partial charge >= 0.3 is 5.97 Å². The highest BCUT2D eigenvalue weighted by molar-refractivity contribution is 7.13. The molecule has 0 fully saturated rings. The third kappa shape index (κ3) is 5.84. The minimum absolute atomic E-state index is 0.0827. The number of esters is 1. The van der Waals surface area contributed by atoms with E-state index < -0.39 is 22.5 Å². The van der Waals surface area contributed by atoms with Gasteiger partial charge in [-0.15, -0.1) is 10.2 Å². The SMILES string of the molecule is CCOc1cc([N+](=O)[O-])c(C(=O)OCc2nnc(C(=O)Nc3ccc(CC)cc3)s2)cc1OC. The summed E-state index contributed by atoms with van der Waals surface area (Å²) >= 11 is 0.942. The van der Waals surface area contributed by atoms with Crippen molar-refractivity contribution >= 4 is 34.6 Å². The van der Waals surface area contributed by atoms with Gasteiger partial charge < -0.3 is 19.5 Å². The lowest BCUT2D eigenvalue weighted by Crippen LogP contribution is -2.11. The molecular formula is C22H22N4O7S. The molecule has 0 spiro atoms. The molecule has 2 aromatic carbocycles. The van der Waals surface area contributed by atoms with Gasteiger partial charge in [-0.3, -0.25) is 14.9 Å². The van der Waals surface area contributed by atoms with Crippen molar-refractivity contribution in [3.05, 3.63) is 67.7 Å². The third-order valence-corrected chi connectivity index (χ3v) is 5.50. The number of ether oxygens (including phenoxy) is 3.